The number of aliphatic carboxylic acids is 1. The molecule has 6 nitrogen and oxygen atoms in total. The van der Waals surface area contributed by atoms with E-state index in [1.165, 1.54) is 0 Å². The molecule has 0 aliphatic heterocycles. The lowest BCUT2D eigenvalue weighted by Crippen LogP contribution is -2.09. The molecular weight excluding hydrogens is 437 g/mol. The topological polar surface area (TPSA) is 108 Å². The van der Waals surface area contributed by atoms with Crippen molar-refractivity contribution in [2.75, 3.05) is 11.5 Å². The van der Waals surface area contributed by atoms with Gasteiger partial charge in [-0.2, -0.15) is 13.2 Å². The van der Waals surface area contributed by atoms with Gasteiger partial charge in [-0.1, -0.05) is 60.7 Å². The van der Waals surface area contributed by atoms with Crippen LogP contribution in [0.1, 0.15) is 24.0 Å². The number of carboxylic acid groups (broad SMARTS) is 1. The summed E-state index contributed by atoms with van der Waals surface area (Å²) in [6.07, 6.45) is -6.44. The summed E-state index contributed by atoms with van der Waals surface area (Å²) in [7, 11) is 0. The van der Waals surface area contributed by atoms with Gasteiger partial charge in [-0.15, -0.1) is 0 Å². The Morgan fingerprint density at radius 1 is 0.788 bits per heavy atom. The van der Waals surface area contributed by atoms with E-state index in [1.54, 1.807) is 12.1 Å². The molecule has 3 aromatic carbocycles. The van der Waals surface area contributed by atoms with Gasteiger partial charge in [0.05, 0.1) is 24.2 Å². The van der Waals surface area contributed by atoms with Crippen LogP contribution in [0.25, 0.3) is 0 Å². The maximum atomic E-state index is 11.2. The van der Waals surface area contributed by atoms with Crippen molar-refractivity contribution < 1.29 is 32.5 Å². The number of carboxylic acids is 1. The number of nitrogen functional groups attached to an aromatic ring is 2. The van der Waals surface area contributed by atoms with E-state index in [1.807, 2.05) is 60.7 Å². The predicted molar refractivity (Wildman–Crippen MR) is 120 cm³/mol. The fraction of sp³-hybridized carbons (Fsp3) is 0.208. The van der Waals surface area contributed by atoms with Crippen LogP contribution in [0, 0.1) is 0 Å². The summed E-state index contributed by atoms with van der Waals surface area (Å²) in [6.45, 7) is 0.873. The number of anilines is 2. The maximum Gasteiger partial charge on any atom is 0.389 e. The average molecular weight is 462 g/mol. The van der Waals surface area contributed by atoms with Crippen molar-refractivity contribution in [3.05, 3.63) is 83.9 Å². The highest BCUT2D eigenvalue weighted by atomic mass is 19.4. The van der Waals surface area contributed by atoms with Crippen molar-refractivity contribution in [3.8, 4) is 11.5 Å². The summed E-state index contributed by atoms with van der Waals surface area (Å²) in [5, 5.41) is 7.78. The zero-order valence-corrected chi connectivity index (χ0v) is 17.7. The Balaban J connectivity index is 0.000000365. The summed E-state index contributed by atoms with van der Waals surface area (Å²) in [5.41, 5.74) is 14.9. The van der Waals surface area contributed by atoms with Crippen molar-refractivity contribution in [1.82, 2.24) is 0 Å². The number of nitrogens with two attached hydrogens (primary N) is 2. The molecule has 33 heavy (non-hydrogen) atoms. The van der Waals surface area contributed by atoms with Gasteiger partial charge >= 0.3 is 12.1 Å². The molecule has 0 aromatic heterocycles. The summed E-state index contributed by atoms with van der Waals surface area (Å²) in [4.78, 5) is 9.55. The zero-order valence-electron chi connectivity index (χ0n) is 17.7. The molecule has 3 aromatic rings. The van der Waals surface area contributed by atoms with Gasteiger partial charge in [0.2, 0.25) is 0 Å². The molecule has 0 saturated heterocycles. The highest BCUT2D eigenvalue weighted by Crippen LogP contribution is 2.35. The molecule has 0 saturated carbocycles. The molecule has 0 spiro atoms. The Hall–Kier alpha value is -3.88. The normalized spacial score (nSPS) is 10.6. The molecule has 0 fully saturated rings. The van der Waals surface area contributed by atoms with E-state index in [2.05, 4.69) is 0 Å². The lowest BCUT2D eigenvalue weighted by atomic mass is 10.2. The van der Waals surface area contributed by atoms with E-state index in [4.69, 9.17) is 26.0 Å². The van der Waals surface area contributed by atoms with Crippen LogP contribution in [0.4, 0.5) is 24.5 Å². The van der Waals surface area contributed by atoms with E-state index < -0.39 is 25.0 Å². The molecule has 0 aliphatic rings. The number of hydrogen-bond acceptors (Lipinski definition) is 5. The van der Waals surface area contributed by atoms with Gasteiger partial charge in [0.15, 0.2) is 11.5 Å². The molecular formula is C24H25F3N2O4. The van der Waals surface area contributed by atoms with Gasteiger partial charge in [0, 0.05) is 12.1 Å². The summed E-state index contributed by atoms with van der Waals surface area (Å²) in [5.74, 6) is -0.254. The van der Waals surface area contributed by atoms with Crippen molar-refractivity contribution in [1.29, 1.82) is 0 Å². The molecule has 3 rings (SSSR count). The SMILES string of the molecule is Nc1cc(OCc2ccccc2)c(OCc2ccccc2)cc1N.O=C(O)CCC(F)(F)F. The van der Waals surface area contributed by atoms with Crippen LogP contribution in [0.3, 0.4) is 0 Å². The zero-order chi connectivity index (χ0) is 24.3. The molecule has 0 amide bonds. The second-order valence-electron chi connectivity index (χ2n) is 6.99. The van der Waals surface area contributed by atoms with Gasteiger partial charge in [0.1, 0.15) is 13.2 Å². The molecule has 0 radical (unpaired) electrons. The largest absolute Gasteiger partial charge is 0.485 e. The number of rotatable bonds is 8. The number of halogens is 3. The standard InChI is InChI=1S/C20H20N2O2.C4H5F3O2/c21-17-11-19(23-13-15-7-3-1-4-8-15)20(12-18(17)22)24-14-16-9-5-2-6-10-16;5-4(6,7)2-1-3(8)9/h1-12H,13-14,21-22H2;1-2H2,(H,8,9). The van der Waals surface area contributed by atoms with Gasteiger partial charge in [-0.25, -0.2) is 0 Å². The second-order valence-corrected chi connectivity index (χ2v) is 6.99. The van der Waals surface area contributed by atoms with Crippen molar-refractivity contribution in [2.45, 2.75) is 32.2 Å². The maximum absolute atomic E-state index is 11.2. The first-order valence-corrected chi connectivity index (χ1v) is 9.95. The van der Waals surface area contributed by atoms with Crippen molar-refractivity contribution in [3.63, 3.8) is 0 Å². The van der Waals surface area contributed by atoms with Crippen LogP contribution in [-0.4, -0.2) is 17.3 Å². The van der Waals surface area contributed by atoms with E-state index in [0.29, 0.717) is 36.1 Å². The minimum absolute atomic E-state index is 0.436. The highest BCUT2D eigenvalue weighted by molar-refractivity contribution is 5.69. The first kappa shape index (κ1) is 25.4. The monoisotopic (exact) mass is 462 g/mol. The number of hydrogen-bond donors (Lipinski definition) is 3. The predicted octanol–water partition coefficient (Wildman–Crippen LogP) is 5.42. The lowest BCUT2D eigenvalue weighted by Gasteiger charge is -2.15. The van der Waals surface area contributed by atoms with Gasteiger partial charge in [-0.3, -0.25) is 4.79 Å². The number of ether oxygens (including phenoxy) is 2. The first-order chi connectivity index (χ1) is 15.6. The molecule has 9 heteroatoms. The molecule has 0 bridgehead atoms. The van der Waals surface area contributed by atoms with Crippen LogP contribution < -0.4 is 20.9 Å². The van der Waals surface area contributed by atoms with Crippen LogP contribution in [0.15, 0.2) is 72.8 Å². The van der Waals surface area contributed by atoms with E-state index in [9.17, 15) is 18.0 Å². The molecule has 0 atom stereocenters. The number of carbonyl (C=O) groups is 1. The third kappa shape index (κ3) is 9.86. The minimum Gasteiger partial charge on any atom is -0.485 e. The van der Waals surface area contributed by atoms with E-state index in [0.717, 1.165) is 11.1 Å². The Morgan fingerprint density at radius 3 is 1.48 bits per heavy atom. The van der Waals surface area contributed by atoms with Crippen LogP contribution >= 0.6 is 0 Å². The van der Waals surface area contributed by atoms with E-state index >= 15 is 0 Å². The highest BCUT2D eigenvalue weighted by Gasteiger charge is 2.27. The summed E-state index contributed by atoms with van der Waals surface area (Å²) < 4.78 is 45.2. The van der Waals surface area contributed by atoms with Crippen LogP contribution in [0.5, 0.6) is 11.5 Å². The quantitative estimate of drug-likeness (QED) is 0.386. The Kier molecular flexibility index (Phi) is 9.41. The lowest BCUT2D eigenvalue weighted by molar-refractivity contribution is -0.152. The fourth-order valence-electron chi connectivity index (χ4n) is 2.54. The van der Waals surface area contributed by atoms with Crippen LogP contribution in [-0.2, 0) is 18.0 Å². The molecule has 0 unspecified atom stereocenters. The number of alkyl halides is 3. The summed E-state index contributed by atoms with van der Waals surface area (Å²) in [6, 6.07) is 23.3. The smallest absolute Gasteiger partial charge is 0.389 e. The van der Waals surface area contributed by atoms with Crippen molar-refractivity contribution in [2.24, 2.45) is 0 Å². The average Bonchev–Trinajstić information content (AvgIpc) is 2.78. The Labute approximate surface area is 189 Å². The Morgan fingerprint density at radius 2 is 1.18 bits per heavy atom. The van der Waals surface area contributed by atoms with Crippen LogP contribution in [0.2, 0.25) is 0 Å². The van der Waals surface area contributed by atoms with Gasteiger partial charge in [0.25, 0.3) is 0 Å². The van der Waals surface area contributed by atoms with E-state index in [-0.39, 0.29) is 0 Å². The third-order valence-electron chi connectivity index (χ3n) is 4.25. The molecule has 176 valence electrons. The van der Waals surface area contributed by atoms with Gasteiger partial charge in [-0.05, 0) is 11.1 Å². The molecule has 0 heterocycles. The van der Waals surface area contributed by atoms with Gasteiger partial charge < -0.3 is 26.0 Å². The first-order valence-electron chi connectivity index (χ1n) is 9.95. The second kappa shape index (κ2) is 12.2. The third-order valence-corrected chi connectivity index (χ3v) is 4.25. The van der Waals surface area contributed by atoms with Crippen molar-refractivity contribution >= 4 is 17.3 Å². The fourth-order valence-corrected chi connectivity index (χ4v) is 2.54. The molecule has 5 N–H and O–H groups in total. The minimum atomic E-state index is -4.35. The Bertz CT molecular complexity index is 945. The summed E-state index contributed by atoms with van der Waals surface area (Å²) >= 11 is 0. The number of benzene rings is 3. The molecule has 0 aliphatic carbocycles.